The van der Waals surface area contributed by atoms with Gasteiger partial charge in [0.05, 0.1) is 6.04 Å². The van der Waals surface area contributed by atoms with Crippen LogP contribution in [0.2, 0.25) is 0 Å². The molecule has 1 amide bonds. The fourth-order valence-corrected chi connectivity index (χ4v) is 4.49. The summed E-state index contributed by atoms with van der Waals surface area (Å²) in [4.78, 5) is 15.4. The number of amides is 1. The average Bonchev–Trinajstić information content (AvgIpc) is 2.89. The van der Waals surface area contributed by atoms with E-state index >= 15 is 0 Å². The minimum atomic E-state index is -0.888. The molecule has 0 atom stereocenters. The average molecular weight is 477 g/mol. The van der Waals surface area contributed by atoms with Gasteiger partial charge >= 0.3 is 0 Å². The first-order valence-corrected chi connectivity index (χ1v) is 11.9. The maximum atomic E-state index is 14.6. The zero-order chi connectivity index (χ0) is 24.6. The van der Waals surface area contributed by atoms with Crippen LogP contribution in [-0.2, 0) is 4.79 Å². The lowest BCUT2D eigenvalue weighted by Crippen LogP contribution is -2.43. The van der Waals surface area contributed by atoms with E-state index in [0.29, 0.717) is 19.4 Å². The number of carbonyl (C=O) groups is 1. The minimum absolute atomic E-state index is 0.183. The number of piperidine rings is 1. The molecule has 0 spiro atoms. The maximum Gasteiger partial charge on any atom is 0.223 e. The van der Waals surface area contributed by atoms with E-state index in [1.807, 2.05) is 24.3 Å². The van der Waals surface area contributed by atoms with Crippen LogP contribution in [0.1, 0.15) is 35.6 Å². The van der Waals surface area contributed by atoms with Crippen molar-refractivity contribution in [2.75, 3.05) is 26.2 Å². The Balaban J connectivity index is 1.34. The zero-order valence-electron chi connectivity index (χ0n) is 19.6. The number of nitrogens with zero attached hydrogens (tertiary/aromatic N) is 1. The van der Waals surface area contributed by atoms with Crippen LogP contribution < -0.4 is 10.1 Å². The Kier molecular flexibility index (Phi) is 8.27. The minimum Gasteiger partial charge on any atom is -0.492 e. The lowest BCUT2D eigenvalue weighted by atomic mass is 9.93. The van der Waals surface area contributed by atoms with E-state index in [1.165, 1.54) is 12.1 Å². The standard InChI is InChI=1S/C29H30F2N2O2/c1-2-21-9-3-8-14-27(21)35-20-19-33-17-15-22(16-18-33)29(34)32-28(23-10-4-6-12-25(23)30)24-11-5-7-13-26(24)31/h2-14,22,28H,1,15-20H2,(H,32,34). The Morgan fingerprint density at radius 3 is 2.14 bits per heavy atom. The summed E-state index contributed by atoms with van der Waals surface area (Å²) in [5, 5.41) is 2.92. The number of ether oxygens (including phenoxy) is 1. The van der Waals surface area contributed by atoms with Crippen LogP contribution in [0, 0.1) is 17.6 Å². The summed E-state index contributed by atoms with van der Waals surface area (Å²) < 4.78 is 35.1. The van der Waals surface area contributed by atoms with Gasteiger partial charge in [-0.05, 0) is 44.1 Å². The van der Waals surface area contributed by atoms with E-state index in [1.54, 1.807) is 42.5 Å². The quantitative estimate of drug-likeness (QED) is 0.437. The van der Waals surface area contributed by atoms with Crippen LogP contribution in [-0.4, -0.2) is 37.0 Å². The summed E-state index contributed by atoms with van der Waals surface area (Å²) in [6.45, 7) is 6.63. The molecule has 1 saturated heterocycles. The van der Waals surface area contributed by atoms with Crippen LogP contribution in [0.25, 0.3) is 6.08 Å². The molecule has 1 fully saturated rings. The molecule has 1 N–H and O–H groups in total. The summed E-state index contributed by atoms with van der Waals surface area (Å²) in [6.07, 6.45) is 3.13. The van der Waals surface area contributed by atoms with E-state index in [4.69, 9.17) is 4.74 Å². The maximum absolute atomic E-state index is 14.6. The normalized spacial score (nSPS) is 14.6. The first-order chi connectivity index (χ1) is 17.1. The molecule has 35 heavy (non-hydrogen) atoms. The summed E-state index contributed by atoms with van der Waals surface area (Å²) in [5.41, 5.74) is 1.46. The number of benzene rings is 3. The van der Waals surface area contributed by atoms with Crippen LogP contribution in [0.15, 0.2) is 79.4 Å². The highest BCUT2D eigenvalue weighted by molar-refractivity contribution is 5.79. The fraction of sp³-hybridized carbons (Fsp3) is 0.276. The molecule has 3 aromatic carbocycles. The number of para-hydroxylation sites is 1. The Morgan fingerprint density at radius 2 is 1.54 bits per heavy atom. The SMILES string of the molecule is C=Cc1ccccc1OCCN1CCC(C(=O)NC(c2ccccc2F)c2ccccc2F)CC1. The molecule has 0 aromatic heterocycles. The first-order valence-electron chi connectivity index (χ1n) is 11.9. The second-order valence-electron chi connectivity index (χ2n) is 8.69. The van der Waals surface area contributed by atoms with Gasteiger partial charge in [-0.15, -0.1) is 0 Å². The summed E-state index contributed by atoms with van der Waals surface area (Å²) in [7, 11) is 0. The van der Waals surface area contributed by atoms with Crippen molar-refractivity contribution in [1.82, 2.24) is 10.2 Å². The van der Waals surface area contributed by atoms with Crippen LogP contribution >= 0.6 is 0 Å². The molecule has 0 bridgehead atoms. The van der Waals surface area contributed by atoms with Gasteiger partial charge in [-0.3, -0.25) is 9.69 Å². The molecule has 182 valence electrons. The molecule has 1 heterocycles. The molecular formula is C29H30F2N2O2. The molecule has 1 aliphatic rings. The molecule has 0 unspecified atom stereocenters. The van der Waals surface area contributed by atoms with Crippen molar-refractivity contribution < 1.29 is 18.3 Å². The van der Waals surface area contributed by atoms with Gasteiger partial charge < -0.3 is 10.1 Å². The highest BCUT2D eigenvalue weighted by atomic mass is 19.1. The third kappa shape index (κ3) is 6.14. The third-order valence-electron chi connectivity index (χ3n) is 6.48. The van der Waals surface area contributed by atoms with Crippen LogP contribution in [0.5, 0.6) is 5.75 Å². The Morgan fingerprint density at radius 1 is 0.971 bits per heavy atom. The van der Waals surface area contributed by atoms with Crippen LogP contribution in [0.4, 0.5) is 8.78 Å². The van der Waals surface area contributed by atoms with E-state index < -0.39 is 17.7 Å². The van der Waals surface area contributed by atoms with Crippen molar-refractivity contribution in [3.63, 3.8) is 0 Å². The highest BCUT2D eigenvalue weighted by Gasteiger charge is 2.29. The van der Waals surface area contributed by atoms with Crippen LogP contribution in [0.3, 0.4) is 0 Å². The van der Waals surface area contributed by atoms with Gasteiger partial charge in [0.25, 0.3) is 0 Å². The smallest absolute Gasteiger partial charge is 0.223 e. The number of carbonyl (C=O) groups excluding carboxylic acids is 1. The topological polar surface area (TPSA) is 41.6 Å². The highest BCUT2D eigenvalue weighted by Crippen LogP contribution is 2.28. The first kappa shape index (κ1) is 24.6. The number of rotatable bonds is 9. The molecule has 0 radical (unpaired) electrons. The lowest BCUT2D eigenvalue weighted by molar-refractivity contribution is -0.127. The Bertz CT molecular complexity index is 1110. The number of hydrogen-bond acceptors (Lipinski definition) is 3. The molecule has 0 aliphatic carbocycles. The summed E-state index contributed by atoms with van der Waals surface area (Å²) in [5.74, 6) is -0.543. The van der Waals surface area contributed by atoms with Gasteiger partial charge in [0, 0.05) is 29.2 Å². The molecule has 1 aliphatic heterocycles. The Labute approximate surface area is 205 Å². The van der Waals surface area contributed by atoms with Gasteiger partial charge in [-0.1, -0.05) is 67.3 Å². The van der Waals surface area contributed by atoms with Gasteiger partial charge in [-0.25, -0.2) is 8.78 Å². The van der Waals surface area contributed by atoms with Gasteiger partial charge in [0.15, 0.2) is 0 Å². The molecular weight excluding hydrogens is 446 g/mol. The summed E-state index contributed by atoms with van der Waals surface area (Å²) in [6, 6.07) is 19.2. The van der Waals surface area contributed by atoms with Crippen molar-refractivity contribution >= 4 is 12.0 Å². The second kappa shape index (κ2) is 11.8. The predicted molar refractivity (Wildman–Crippen MR) is 134 cm³/mol. The summed E-state index contributed by atoms with van der Waals surface area (Å²) >= 11 is 0. The molecule has 3 aromatic rings. The van der Waals surface area contributed by atoms with E-state index in [9.17, 15) is 13.6 Å². The van der Waals surface area contributed by atoms with E-state index in [0.717, 1.165) is 30.9 Å². The predicted octanol–water partition coefficient (Wildman–Crippen LogP) is 5.60. The second-order valence-corrected chi connectivity index (χ2v) is 8.69. The monoisotopic (exact) mass is 476 g/mol. The number of likely N-dealkylation sites (tertiary alicyclic amines) is 1. The molecule has 4 nitrogen and oxygen atoms in total. The van der Waals surface area contributed by atoms with Crippen molar-refractivity contribution in [2.45, 2.75) is 18.9 Å². The number of halogens is 2. The third-order valence-corrected chi connectivity index (χ3v) is 6.48. The van der Waals surface area contributed by atoms with Gasteiger partial charge in [0.1, 0.15) is 24.0 Å². The van der Waals surface area contributed by atoms with E-state index in [2.05, 4.69) is 16.8 Å². The van der Waals surface area contributed by atoms with E-state index in [-0.39, 0.29) is 23.0 Å². The van der Waals surface area contributed by atoms with Crippen molar-refractivity contribution in [3.05, 3.63) is 108 Å². The largest absolute Gasteiger partial charge is 0.492 e. The van der Waals surface area contributed by atoms with Gasteiger partial charge in [-0.2, -0.15) is 0 Å². The van der Waals surface area contributed by atoms with Gasteiger partial charge in [0.2, 0.25) is 5.91 Å². The number of hydrogen-bond donors (Lipinski definition) is 1. The van der Waals surface area contributed by atoms with Crippen molar-refractivity contribution in [1.29, 1.82) is 0 Å². The van der Waals surface area contributed by atoms with Crippen molar-refractivity contribution in [2.24, 2.45) is 5.92 Å². The zero-order valence-corrected chi connectivity index (χ0v) is 19.6. The Hall–Kier alpha value is -3.51. The molecule has 0 saturated carbocycles. The number of nitrogens with one attached hydrogen (secondary N) is 1. The van der Waals surface area contributed by atoms with Crippen molar-refractivity contribution in [3.8, 4) is 5.75 Å². The molecule has 6 heteroatoms. The fourth-order valence-electron chi connectivity index (χ4n) is 4.49. The lowest BCUT2D eigenvalue weighted by Gasteiger charge is -2.32. The molecule has 4 rings (SSSR count).